The standard InChI is InChI=1S/C14H13N3O2S/c1-9-15-4-11-12(16-9)5-19-14(11)7-17(8-14)13(18)10-2-3-20-6-10/h2-4,6H,5,7-8H2,1H3. The van der Waals surface area contributed by atoms with Crippen molar-refractivity contribution in [2.75, 3.05) is 13.1 Å². The first-order chi connectivity index (χ1) is 9.68. The topological polar surface area (TPSA) is 55.3 Å². The summed E-state index contributed by atoms with van der Waals surface area (Å²) in [5.74, 6) is 0.830. The second kappa shape index (κ2) is 4.10. The van der Waals surface area contributed by atoms with Crippen molar-refractivity contribution in [2.45, 2.75) is 19.1 Å². The number of hydrogen-bond acceptors (Lipinski definition) is 5. The fourth-order valence-electron chi connectivity index (χ4n) is 2.84. The normalized spacial score (nSPS) is 18.9. The Morgan fingerprint density at radius 2 is 2.35 bits per heavy atom. The summed E-state index contributed by atoms with van der Waals surface area (Å²) in [4.78, 5) is 22.7. The van der Waals surface area contributed by atoms with E-state index in [0.717, 1.165) is 22.6 Å². The summed E-state index contributed by atoms with van der Waals surface area (Å²) < 4.78 is 5.91. The number of nitrogens with zero attached hydrogens (tertiary/aromatic N) is 3. The SMILES string of the molecule is Cc1ncc2c(n1)COC21CN(C(=O)c2ccsc2)C1. The van der Waals surface area contributed by atoms with Crippen LogP contribution in [-0.2, 0) is 16.9 Å². The maximum atomic E-state index is 12.2. The highest BCUT2D eigenvalue weighted by Crippen LogP contribution is 2.42. The molecule has 4 heterocycles. The number of carbonyl (C=O) groups is 1. The van der Waals surface area contributed by atoms with Crippen LogP contribution in [0.5, 0.6) is 0 Å². The molecule has 2 aliphatic rings. The van der Waals surface area contributed by atoms with Gasteiger partial charge in [-0.2, -0.15) is 11.3 Å². The van der Waals surface area contributed by atoms with Gasteiger partial charge in [0.1, 0.15) is 11.4 Å². The maximum Gasteiger partial charge on any atom is 0.254 e. The molecular weight excluding hydrogens is 274 g/mol. The quantitative estimate of drug-likeness (QED) is 0.801. The molecule has 0 unspecified atom stereocenters. The number of aryl methyl sites for hydroxylation is 1. The number of ether oxygens (including phenoxy) is 1. The molecule has 5 nitrogen and oxygen atoms in total. The minimum absolute atomic E-state index is 0.0713. The van der Waals surface area contributed by atoms with Gasteiger partial charge in [-0.15, -0.1) is 0 Å². The van der Waals surface area contributed by atoms with Gasteiger partial charge in [-0.3, -0.25) is 4.79 Å². The van der Waals surface area contributed by atoms with Crippen molar-refractivity contribution in [3.8, 4) is 0 Å². The second-order valence-corrected chi connectivity index (χ2v) is 6.01. The van der Waals surface area contributed by atoms with Gasteiger partial charge in [-0.25, -0.2) is 9.97 Å². The largest absolute Gasteiger partial charge is 0.360 e. The van der Waals surface area contributed by atoms with Crippen LogP contribution in [0.15, 0.2) is 23.0 Å². The first-order valence-corrected chi connectivity index (χ1v) is 7.41. The van der Waals surface area contributed by atoms with E-state index in [1.165, 1.54) is 11.3 Å². The summed E-state index contributed by atoms with van der Waals surface area (Å²) in [6.07, 6.45) is 1.84. The van der Waals surface area contributed by atoms with Gasteiger partial charge in [0, 0.05) is 17.1 Å². The monoisotopic (exact) mass is 287 g/mol. The molecule has 20 heavy (non-hydrogen) atoms. The molecule has 0 saturated carbocycles. The van der Waals surface area contributed by atoms with Crippen LogP contribution >= 0.6 is 11.3 Å². The molecule has 1 saturated heterocycles. The average molecular weight is 287 g/mol. The van der Waals surface area contributed by atoms with Crippen LogP contribution in [0.1, 0.15) is 27.4 Å². The van der Waals surface area contributed by atoms with Crippen molar-refractivity contribution >= 4 is 17.2 Å². The van der Waals surface area contributed by atoms with Gasteiger partial charge in [-0.1, -0.05) is 0 Å². The molecule has 1 amide bonds. The third-order valence-electron chi connectivity index (χ3n) is 3.91. The first-order valence-electron chi connectivity index (χ1n) is 6.46. The summed E-state index contributed by atoms with van der Waals surface area (Å²) in [5.41, 5.74) is 2.37. The van der Waals surface area contributed by atoms with E-state index in [0.29, 0.717) is 19.7 Å². The van der Waals surface area contributed by atoms with Crippen LogP contribution in [0.3, 0.4) is 0 Å². The molecule has 0 atom stereocenters. The summed E-state index contributed by atoms with van der Waals surface area (Å²) in [5, 5.41) is 3.80. The Morgan fingerprint density at radius 3 is 3.10 bits per heavy atom. The van der Waals surface area contributed by atoms with Crippen molar-refractivity contribution in [1.82, 2.24) is 14.9 Å². The molecule has 1 fully saturated rings. The van der Waals surface area contributed by atoms with Crippen LogP contribution in [-0.4, -0.2) is 33.9 Å². The zero-order valence-electron chi connectivity index (χ0n) is 11.0. The molecule has 2 aliphatic heterocycles. The molecule has 1 spiro atoms. The lowest BCUT2D eigenvalue weighted by molar-refractivity contribution is -0.126. The highest BCUT2D eigenvalue weighted by Gasteiger charge is 2.52. The highest BCUT2D eigenvalue weighted by atomic mass is 32.1. The number of amides is 1. The minimum Gasteiger partial charge on any atom is -0.360 e. The average Bonchev–Trinajstić information content (AvgIpc) is 3.03. The van der Waals surface area contributed by atoms with Crippen LogP contribution in [0.4, 0.5) is 0 Å². The Labute approximate surface area is 120 Å². The number of aromatic nitrogens is 2. The second-order valence-electron chi connectivity index (χ2n) is 5.23. The van der Waals surface area contributed by atoms with E-state index in [1.807, 2.05) is 34.8 Å². The minimum atomic E-state index is -0.380. The predicted octanol–water partition coefficient (Wildman–Crippen LogP) is 1.73. The molecule has 0 bridgehead atoms. The first kappa shape index (κ1) is 12.0. The van der Waals surface area contributed by atoms with Crippen LogP contribution in [0.25, 0.3) is 0 Å². The molecule has 0 aliphatic carbocycles. The summed E-state index contributed by atoms with van der Waals surface area (Å²) >= 11 is 1.54. The van der Waals surface area contributed by atoms with Crippen molar-refractivity contribution in [3.63, 3.8) is 0 Å². The van der Waals surface area contributed by atoms with Crippen molar-refractivity contribution in [2.24, 2.45) is 0 Å². The number of rotatable bonds is 1. The maximum absolute atomic E-state index is 12.2. The molecule has 4 rings (SSSR count). The van der Waals surface area contributed by atoms with Crippen molar-refractivity contribution < 1.29 is 9.53 Å². The fourth-order valence-corrected chi connectivity index (χ4v) is 3.47. The van der Waals surface area contributed by atoms with Gasteiger partial charge < -0.3 is 9.64 Å². The number of hydrogen-bond donors (Lipinski definition) is 0. The summed E-state index contributed by atoms with van der Waals surface area (Å²) in [6, 6.07) is 1.86. The van der Waals surface area contributed by atoms with Crippen molar-refractivity contribution in [3.05, 3.63) is 45.7 Å². The van der Waals surface area contributed by atoms with Gasteiger partial charge in [0.15, 0.2) is 0 Å². The molecule has 6 heteroatoms. The van der Waals surface area contributed by atoms with E-state index in [2.05, 4.69) is 9.97 Å². The molecule has 2 aromatic heterocycles. The lowest BCUT2D eigenvalue weighted by Gasteiger charge is -2.47. The van der Waals surface area contributed by atoms with E-state index in [9.17, 15) is 4.79 Å². The van der Waals surface area contributed by atoms with E-state index < -0.39 is 0 Å². The van der Waals surface area contributed by atoms with Gasteiger partial charge in [0.05, 0.1) is 31.0 Å². The molecule has 102 valence electrons. The number of fused-ring (bicyclic) bond motifs is 2. The molecule has 0 radical (unpaired) electrons. The van der Waals surface area contributed by atoms with E-state index >= 15 is 0 Å². The highest BCUT2D eigenvalue weighted by molar-refractivity contribution is 7.08. The third-order valence-corrected chi connectivity index (χ3v) is 4.60. The molecule has 2 aromatic rings. The smallest absolute Gasteiger partial charge is 0.254 e. The zero-order chi connectivity index (χ0) is 13.7. The number of thiophene rings is 1. The van der Waals surface area contributed by atoms with E-state index in [4.69, 9.17) is 4.74 Å². The molecular formula is C14H13N3O2S. The van der Waals surface area contributed by atoms with Crippen LogP contribution in [0.2, 0.25) is 0 Å². The lowest BCUT2D eigenvalue weighted by Crippen LogP contribution is -2.61. The Morgan fingerprint density at radius 1 is 1.50 bits per heavy atom. The van der Waals surface area contributed by atoms with Gasteiger partial charge >= 0.3 is 0 Å². The third kappa shape index (κ3) is 1.61. The van der Waals surface area contributed by atoms with Gasteiger partial charge in [0.25, 0.3) is 5.91 Å². The van der Waals surface area contributed by atoms with E-state index in [1.54, 1.807) is 0 Å². The van der Waals surface area contributed by atoms with Gasteiger partial charge in [-0.05, 0) is 18.4 Å². The summed E-state index contributed by atoms with van der Waals surface area (Å²) in [7, 11) is 0. The van der Waals surface area contributed by atoms with E-state index in [-0.39, 0.29) is 11.5 Å². The zero-order valence-corrected chi connectivity index (χ0v) is 11.8. The molecule has 0 N–H and O–H groups in total. The van der Waals surface area contributed by atoms with Crippen molar-refractivity contribution in [1.29, 1.82) is 0 Å². The van der Waals surface area contributed by atoms with Crippen LogP contribution < -0.4 is 0 Å². The lowest BCUT2D eigenvalue weighted by atomic mass is 9.87. The Balaban J connectivity index is 1.56. The Kier molecular flexibility index (Phi) is 2.46. The summed E-state index contributed by atoms with van der Waals surface area (Å²) in [6.45, 7) is 3.56. The van der Waals surface area contributed by atoms with Gasteiger partial charge in [0.2, 0.25) is 0 Å². The fraction of sp³-hybridized carbons (Fsp3) is 0.357. The Hall–Kier alpha value is -1.79. The van der Waals surface area contributed by atoms with Crippen LogP contribution in [0, 0.1) is 6.92 Å². The molecule has 0 aromatic carbocycles. The Bertz CT molecular complexity index is 678. The predicted molar refractivity (Wildman–Crippen MR) is 73.5 cm³/mol. The number of likely N-dealkylation sites (tertiary alicyclic amines) is 1. The number of carbonyl (C=O) groups excluding carboxylic acids is 1.